The molecule has 0 saturated carbocycles. The number of ether oxygens (including phenoxy) is 3. The van der Waals surface area contributed by atoms with E-state index in [1.54, 1.807) is 14.2 Å². The van der Waals surface area contributed by atoms with Crippen molar-refractivity contribution in [2.45, 2.75) is 30.4 Å². The van der Waals surface area contributed by atoms with Gasteiger partial charge in [0.1, 0.15) is 5.76 Å². The number of hydrogen-bond acceptors (Lipinski definition) is 4. The molecule has 4 heteroatoms. The van der Waals surface area contributed by atoms with Gasteiger partial charge in [-0.1, -0.05) is 12.1 Å². The molecule has 0 N–H and O–H groups in total. The molecule has 2 bridgehead atoms. The van der Waals surface area contributed by atoms with E-state index < -0.39 is 0 Å². The van der Waals surface area contributed by atoms with Crippen LogP contribution in [0.4, 0.5) is 0 Å². The monoisotopic (exact) mass is 311 g/mol. The molecule has 1 aromatic carbocycles. The molecule has 2 heterocycles. The van der Waals surface area contributed by atoms with Crippen LogP contribution in [0.15, 0.2) is 35.6 Å². The Labute approximate surface area is 136 Å². The number of benzene rings is 1. The summed E-state index contributed by atoms with van der Waals surface area (Å²) in [6, 6.07) is 4.72. The van der Waals surface area contributed by atoms with Crippen LogP contribution in [-0.4, -0.2) is 44.9 Å². The van der Waals surface area contributed by atoms with Crippen LogP contribution in [0.5, 0.6) is 11.5 Å². The lowest BCUT2D eigenvalue weighted by atomic mass is 9.57. The van der Waals surface area contributed by atoms with Crippen LogP contribution in [0.25, 0.3) is 0 Å². The molecule has 1 fully saturated rings. The van der Waals surface area contributed by atoms with Gasteiger partial charge in [-0.3, -0.25) is 4.90 Å². The molecule has 0 aromatic heterocycles. The third-order valence-electron chi connectivity index (χ3n) is 6.16. The maximum atomic E-state index is 6.46. The van der Waals surface area contributed by atoms with Gasteiger partial charge in [-0.05, 0) is 49.7 Å². The topological polar surface area (TPSA) is 30.9 Å². The van der Waals surface area contributed by atoms with Crippen molar-refractivity contribution in [1.29, 1.82) is 0 Å². The zero-order valence-electron chi connectivity index (χ0n) is 13.8. The highest BCUT2D eigenvalue weighted by Crippen LogP contribution is 2.62. The van der Waals surface area contributed by atoms with E-state index in [-0.39, 0.29) is 11.5 Å². The van der Waals surface area contributed by atoms with Crippen molar-refractivity contribution in [2.75, 3.05) is 27.8 Å². The van der Waals surface area contributed by atoms with Crippen LogP contribution >= 0.6 is 0 Å². The van der Waals surface area contributed by atoms with E-state index in [9.17, 15) is 0 Å². The summed E-state index contributed by atoms with van der Waals surface area (Å²) >= 11 is 0. The second-order valence-electron chi connectivity index (χ2n) is 6.95. The summed E-state index contributed by atoms with van der Waals surface area (Å²) in [4.78, 5) is 2.48. The first-order valence-corrected chi connectivity index (χ1v) is 8.24. The SMILES string of the molecule is COC1=CC=C2[C@@H]3Cc4ccc(OC)c5c4[C@]2(CCN3C)C1O5. The van der Waals surface area contributed by atoms with Gasteiger partial charge in [-0.25, -0.2) is 0 Å². The number of likely N-dealkylation sites (tertiary alicyclic amines) is 1. The lowest BCUT2D eigenvalue weighted by Gasteiger charge is -2.52. The molecule has 4 aliphatic rings. The van der Waals surface area contributed by atoms with Crippen molar-refractivity contribution in [3.8, 4) is 11.5 Å². The summed E-state index contributed by atoms with van der Waals surface area (Å²) < 4.78 is 17.7. The molecule has 2 aliphatic heterocycles. The molecule has 23 heavy (non-hydrogen) atoms. The van der Waals surface area contributed by atoms with Gasteiger partial charge in [0, 0.05) is 11.6 Å². The van der Waals surface area contributed by atoms with Gasteiger partial charge in [0.05, 0.1) is 19.6 Å². The van der Waals surface area contributed by atoms with E-state index in [1.807, 2.05) is 6.07 Å². The lowest BCUT2D eigenvalue weighted by molar-refractivity contribution is 0.0734. The maximum absolute atomic E-state index is 6.46. The third kappa shape index (κ3) is 1.41. The van der Waals surface area contributed by atoms with Crippen molar-refractivity contribution >= 4 is 0 Å². The van der Waals surface area contributed by atoms with Crippen molar-refractivity contribution < 1.29 is 14.2 Å². The molecule has 120 valence electrons. The van der Waals surface area contributed by atoms with Gasteiger partial charge in [0.25, 0.3) is 0 Å². The van der Waals surface area contributed by atoms with Crippen molar-refractivity contribution in [1.82, 2.24) is 4.90 Å². The predicted octanol–water partition coefficient (Wildman–Crippen LogP) is 2.42. The number of methoxy groups -OCH3 is 2. The van der Waals surface area contributed by atoms with E-state index in [2.05, 4.69) is 30.2 Å². The van der Waals surface area contributed by atoms with Crippen LogP contribution in [0, 0.1) is 0 Å². The molecular formula is C19H21NO3. The van der Waals surface area contributed by atoms with E-state index in [0.717, 1.165) is 36.6 Å². The van der Waals surface area contributed by atoms with Gasteiger partial charge >= 0.3 is 0 Å². The zero-order valence-corrected chi connectivity index (χ0v) is 13.8. The highest BCUT2D eigenvalue weighted by atomic mass is 16.6. The molecule has 2 aliphatic carbocycles. The Kier molecular flexibility index (Phi) is 2.54. The summed E-state index contributed by atoms with van der Waals surface area (Å²) in [5, 5.41) is 0. The van der Waals surface area contributed by atoms with Gasteiger partial charge in [-0.2, -0.15) is 0 Å². The first-order chi connectivity index (χ1) is 11.2. The Morgan fingerprint density at radius 2 is 2.09 bits per heavy atom. The maximum Gasteiger partial charge on any atom is 0.169 e. The fourth-order valence-electron chi connectivity index (χ4n) is 5.10. The molecule has 1 spiro atoms. The summed E-state index contributed by atoms with van der Waals surface area (Å²) in [5.41, 5.74) is 4.15. The molecule has 3 atom stereocenters. The minimum absolute atomic E-state index is 0.0611. The molecule has 1 aromatic rings. The molecule has 1 unspecified atom stereocenters. The summed E-state index contributed by atoms with van der Waals surface area (Å²) in [5.74, 6) is 2.68. The largest absolute Gasteiger partial charge is 0.497 e. The van der Waals surface area contributed by atoms with E-state index in [1.165, 1.54) is 16.7 Å². The number of nitrogens with zero attached hydrogens (tertiary/aromatic N) is 1. The van der Waals surface area contributed by atoms with E-state index in [4.69, 9.17) is 14.2 Å². The first kappa shape index (κ1) is 13.5. The summed E-state index contributed by atoms with van der Waals surface area (Å²) in [6.07, 6.45) is 6.41. The van der Waals surface area contributed by atoms with E-state index >= 15 is 0 Å². The number of piperidine rings is 1. The Morgan fingerprint density at radius 1 is 1.22 bits per heavy atom. The smallest absolute Gasteiger partial charge is 0.169 e. The van der Waals surface area contributed by atoms with Crippen LogP contribution in [0.2, 0.25) is 0 Å². The normalized spacial score (nSPS) is 33.3. The quantitative estimate of drug-likeness (QED) is 0.839. The number of hydrogen-bond donors (Lipinski definition) is 0. The first-order valence-electron chi connectivity index (χ1n) is 8.24. The van der Waals surface area contributed by atoms with Crippen LogP contribution < -0.4 is 9.47 Å². The molecule has 0 radical (unpaired) electrons. The minimum atomic E-state index is -0.0747. The van der Waals surface area contributed by atoms with Gasteiger partial charge in [0.2, 0.25) is 0 Å². The number of allylic oxidation sites excluding steroid dienone is 2. The highest BCUT2D eigenvalue weighted by molar-refractivity contribution is 5.67. The average molecular weight is 311 g/mol. The number of rotatable bonds is 2. The zero-order chi connectivity index (χ0) is 15.8. The fourth-order valence-corrected chi connectivity index (χ4v) is 5.10. The van der Waals surface area contributed by atoms with Gasteiger partial charge < -0.3 is 14.2 Å². The molecule has 1 saturated heterocycles. The van der Waals surface area contributed by atoms with Crippen molar-refractivity contribution in [2.24, 2.45) is 0 Å². The predicted molar refractivity (Wildman–Crippen MR) is 87.0 cm³/mol. The Hall–Kier alpha value is -1.94. The highest BCUT2D eigenvalue weighted by Gasteiger charge is 2.61. The van der Waals surface area contributed by atoms with Crippen LogP contribution in [0.1, 0.15) is 17.5 Å². The molecule has 5 rings (SSSR count). The molecular weight excluding hydrogens is 290 g/mol. The fraction of sp³-hybridized carbons (Fsp3) is 0.474. The van der Waals surface area contributed by atoms with E-state index in [0.29, 0.717) is 6.04 Å². The Bertz CT molecular complexity index is 766. The number of likely N-dealkylation sites (N-methyl/N-ethyl adjacent to an activating group) is 1. The summed E-state index contributed by atoms with van der Waals surface area (Å²) in [7, 11) is 5.68. The lowest BCUT2D eigenvalue weighted by Crippen LogP contribution is -2.58. The average Bonchev–Trinajstić information content (AvgIpc) is 2.92. The molecule has 0 amide bonds. The second-order valence-corrected chi connectivity index (χ2v) is 6.95. The van der Waals surface area contributed by atoms with Crippen molar-refractivity contribution in [3.05, 3.63) is 46.7 Å². The van der Waals surface area contributed by atoms with Crippen LogP contribution in [-0.2, 0) is 16.6 Å². The second kappa shape index (κ2) is 4.32. The molecule has 4 nitrogen and oxygen atoms in total. The van der Waals surface area contributed by atoms with Crippen LogP contribution in [0.3, 0.4) is 0 Å². The standard InChI is InChI=1S/C19H21NO3/c1-20-9-8-19-12-5-7-15(22-3)18(19)23-17-14(21-2)6-4-11(16(17)19)10-13(12)20/h4-7,13,18H,8-10H2,1-3H3/t13-,18?,19+/m0/s1. The third-order valence-corrected chi connectivity index (χ3v) is 6.16. The summed E-state index contributed by atoms with van der Waals surface area (Å²) in [6.45, 7) is 1.08. The van der Waals surface area contributed by atoms with Gasteiger partial charge in [0.15, 0.2) is 17.6 Å². The Morgan fingerprint density at radius 3 is 2.87 bits per heavy atom. The minimum Gasteiger partial charge on any atom is -0.497 e. The van der Waals surface area contributed by atoms with Gasteiger partial charge in [-0.15, -0.1) is 0 Å². The van der Waals surface area contributed by atoms with Crippen molar-refractivity contribution in [3.63, 3.8) is 0 Å². The Balaban J connectivity index is 1.84.